The van der Waals surface area contributed by atoms with Gasteiger partial charge in [0.15, 0.2) is 0 Å². The second-order valence-corrected chi connectivity index (χ2v) is 5.97. The first-order chi connectivity index (χ1) is 9.15. The maximum absolute atomic E-state index is 5.70. The smallest absolute Gasteiger partial charge is 0.136 e. The van der Waals surface area contributed by atoms with Crippen molar-refractivity contribution in [2.75, 3.05) is 23.9 Å². The predicted molar refractivity (Wildman–Crippen MR) is 90.2 cm³/mol. The molecule has 0 unspecified atom stereocenters. The Kier molecular flexibility index (Phi) is 7.82. The number of rotatable bonds is 9. The molecule has 0 atom stereocenters. The fourth-order valence-corrected chi connectivity index (χ4v) is 2.48. The molecule has 1 heterocycles. The highest BCUT2D eigenvalue weighted by Gasteiger charge is 2.06. The quantitative estimate of drug-likeness (QED) is 0.541. The Balaban J connectivity index is 2.36. The first-order valence-electron chi connectivity index (χ1n) is 6.65. The molecule has 0 fully saturated rings. The van der Waals surface area contributed by atoms with Crippen LogP contribution in [0.4, 0.5) is 5.82 Å². The van der Waals surface area contributed by atoms with Crippen LogP contribution >= 0.6 is 24.0 Å². The summed E-state index contributed by atoms with van der Waals surface area (Å²) in [4.78, 5) is 4.86. The van der Waals surface area contributed by atoms with E-state index in [2.05, 4.69) is 16.6 Å². The van der Waals surface area contributed by atoms with Gasteiger partial charge in [-0.05, 0) is 43.9 Å². The van der Waals surface area contributed by atoms with Gasteiger partial charge in [0, 0.05) is 12.2 Å². The molecule has 19 heavy (non-hydrogen) atoms. The third-order valence-electron chi connectivity index (χ3n) is 2.87. The third kappa shape index (κ3) is 6.25. The van der Waals surface area contributed by atoms with E-state index in [-0.39, 0.29) is 0 Å². The van der Waals surface area contributed by atoms with Crippen LogP contribution in [0, 0.1) is 6.92 Å². The normalized spacial score (nSPS) is 10.4. The largest absolute Gasteiger partial charge is 0.389 e. The van der Waals surface area contributed by atoms with Crippen molar-refractivity contribution < 1.29 is 0 Å². The minimum Gasteiger partial charge on any atom is -0.389 e. The van der Waals surface area contributed by atoms with Crippen LogP contribution in [-0.4, -0.2) is 28.5 Å². The maximum Gasteiger partial charge on any atom is 0.136 e. The van der Waals surface area contributed by atoms with Gasteiger partial charge < -0.3 is 11.1 Å². The van der Waals surface area contributed by atoms with E-state index in [0.29, 0.717) is 4.99 Å². The van der Waals surface area contributed by atoms with Crippen LogP contribution < -0.4 is 11.1 Å². The van der Waals surface area contributed by atoms with Crippen LogP contribution in [0.15, 0.2) is 12.1 Å². The van der Waals surface area contributed by atoms with Gasteiger partial charge in [0.25, 0.3) is 0 Å². The summed E-state index contributed by atoms with van der Waals surface area (Å²) < 4.78 is 0. The Labute approximate surface area is 125 Å². The number of aromatic nitrogens is 1. The topological polar surface area (TPSA) is 50.9 Å². The van der Waals surface area contributed by atoms with E-state index in [1.165, 1.54) is 25.0 Å². The third-order valence-corrected chi connectivity index (χ3v) is 3.78. The lowest BCUT2D eigenvalue weighted by molar-refractivity contribution is 0.688. The van der Waals surface area contributed by atoms with Crippen LogP contribution in [0.3, 0.4) is 0 Å². The van der Waals surface area contributed by atoms with E-state index < -0.39 is 0 Å². The van der Waals surface area contributed by atoms with Crippen LogP contribution in [0.25, 0.3) is 0 Å². The Morgan fingerprint density at radius 2 is 2.05 bits per heavy atom. The number of thiocarbonyl (C=S) groups is 1. The molecule has 0 spiro atoms. The van der Waals surface area contributed by atoms with E-state index >= 15 is 0 Å². The lowest BCUT2D eigenvalue weighted by atomic mass is 10.2. The summed E-state index contributed by atoms with van der Waals surface area (Å²) in [5.74, 6) is 2.08. The number of unbranched alkanes of at least 4 members (excludes halogenated alkanes) is 3. The van der Waals surface area contributed by atoms with Crippen molar-refractivity contribution >= 4 is 34.8 Å². The van der Waals surface area contributed by atoms with Gasteiger partial charge in [-0.2, -0.15) is 11.8 Å². The van der Waals surface area contributed by atoms with Crippen LogP contribution in [0.1, 0.15) is 36.9 Å². The molecule has 0 aliphatic heterocycles. The summed E-state index contributed by atoms with van der Waals surface area (Å²) in [5.41, 5.74) is 7.51. The molecule has 0 saturated carbocycles. The van der Waals surface area contributed by atoms with Crippen molar-refractivity contribution in [3.8, 4) is 0 Å². The van der Waals surface area contributed by atoms with Gasteiger partial charge in [0.05, 0.1) is 5.56 Å². The number of thioether (sulfide) groups is 1. The molecule has 0 aromatic carbocycles. The fourth-order valence-electron chi connectivity index (χ4n) is 1.82. The van der Waals surface area contributed by atoms with E-state index in [1.807, 2.05) is 30.8 Å². The molecule has 0 aliphatic carbocycles. The van der Waals surface area contributed by atoms with Crippen LogP contribution in [0.2, 0.25) is 0 Å². The highest BCUT2D eigenvalue weighted by Crippen LogP contribution is 2.14. The van der Waals surface area contributed by atoms with Gasteiger partial charge >= 0.3 is 0 Å². The highest BCUT2D eigenvalue weighted by atomic mass is 32.2. The van der Waals surface area contributed by atoms with Crippen molar-refractivity contribution in [1.82, 2.24) is 4.98 Å². The fraction of sp³-hybridized carbons (Fsp3) is 0.571. The van der Waals surface area contributed by atoms with Gasteiger partial charge in [0.1, 0.15) is 10.8 Å². The van der Waals surface area contributed by atoms with Crippen LogP contribution in [-0.2, 0) is 0 Å². The van der Waals surface area contributed by atoms with Crippen molar-refractivity contribution in [3.05, 3.63) is 23.4 Å². The molecule has 3 nitrogen and oxygen atoms in total. The van der Waals surface area contributed by atoms with E-state index in [4.69, 9.17) is 18.0 Å². The average Bonchev–Trinajstić information content (AvgIpc) is 2.37. The lowest BCUT2D eigenvalue weighted by Gasteiger charge is -2.10. The molecule has 0 bridgehead atoms. The van der Waals surface area contributed by atoms with Crippen molar-refractivity contribution in [2.24, 2.45) is 5.73 Å². The molecule has 0 aliphatic rings. The molecule has 1 aromatic rings. The number of nitrogens with one attached hydrogen (secondary N) is 1. The zero-order chi connectivity index (χ0) is 14.1. The first kappa shape index (κ1) is 16.2. The number of nitrogens with two attached hydrogens (primary N) is 1. The van der Waals surface area contributed by atoms with E-state index in [9.17, 15) is 0 Å². The monoisotopic (exact) mass is 297 g/mol. The predicted octanol–water partition coefficient (Wildman–Crippen LogP) is 3.36. The number of anilines is 1. The average molecular weight is 297 g/mol. The number of aryl methyl sites for hydroxylation is 1. The molecular weight excluding hydrogens is 274 g/mol. The van der Waals surface area contributed by atoms with E-state index in [0.717, 1.165) is 30.0 Å². The SMILES string of the molecule is CSCCCCCCNc1nc(C)ccc1C(N)=S. The minimum atomic E-state index is 0.398. The second kappa shape index (κ2) is 9.15. The number of nitrogens with zero attached hydrogens (tertiary/aromatic N) is 1. The Bertz CT molecular complexity index is 408. The molecular formula is C14H23N3S2. The maximum atomic E-state index is 5.70. The van der Waals surface area contributed by atoms with Gasteiger partial charge in [-0.1, -0.05) is 25.1 Å². The van der Waals surface area contributed by atoms with Crippen molar-refractivity contribution in [2.45, 2.75) is 32.6 Å². The molecule has 1 aromatic heterocycles. The summed E-state index contributed by atoms with van der Waals surface area (Å²) in [6, 6.07) is 3.87. The summed E-state index contributed by atoms with van der Waals surface area (Å²) in [5, 5.41) is 3.34. The van der Waals surface area contributed by atoms with Gasteiger partial charge in [-0.25, -0.2) is 4.98 Å². The summed E-state index contributed by atoms with van der Waals surface area (Å²) in [7, 11) is 0. The first-order valence-corrected chi connectivity index (χ1v) is 8.45. The Morgan fingerprint density at radius 3 is 2.74 bits per heavy atom. The van der Waals surface area contributed by atoms with Crippen LogP contribution in [0.5, 0.6) is 0 Å². The van der Waals surface area contributed by atoms with E-state index in [1.54, 1.807) is 0 Å². The summed E-state index contributed by atoms with van der Waals surface area (Å²) in [6.07, 6.45) is 7.17. The zero-order valence-corrected chi connectivity index (χ0v) is 13.4. The van der Waals surface area contributed by atoms with Gasteiger partial charge in [0.2, 0.25) is 0 Å². The number of pyridine rings is 1. The molecule has 1 rings (SSSR count). The number of hydrogen-bond acceptors (Lipinski definition) is 4. The molecule has 0 amide bonds. The molecule has 0 radical (unpaired) electrons. The lowest BCUT2D eigenvalue weighted by Crippen LogP contribution is -2.15. The van der Waals surface area contributed by atoms with Gasteiger partial charge in [-0.3, -0.25) is 0 Å². The second-order valence-electron chi connectivity index (χ2n) is 4.55. The minimum absolute atomic E-state index is 0.398. The Hall–Kier alpha value is -0.810. The standard InChI is InChI=1S/C14H23N3S2/c1-11-7-8-12(13(15)18)14(17-11)16-9-5-3-4-6-10-19-2/h7-8H,3-6,9-10H2,1-2H3,(H2,15,18)(H,16,17). The Morgan fingerprint density at radius 1 is 1.32 bits per heavy atom. The molecule has 5 heteroatoms. The molecule has 106 valence electrons. The summed E-state index contributed by atoms with van der Waals surface area (Å²) >= 11 is 6.95. The van der Waals surface area contributed by atoms with Crippen molar-refractivity contribution in [1.29, 1.82) is 0 Å². The van der Waals surface area contributed by atoms with Gasteiger partial charge in [-0.15, -0.1) is 0 Å². The molecule has 0 saturated heterocycles. The number of hydrogen-bond donors (Lipinski definition) is 2. The van der Waals surface area contributed by atoms with Crippen molar-refractivity contribution in [3.63, 3.8) is 0 Å². The summed E-state index contributed by atoms with van der Waals surface area (Å²) in [6.45, 7) is 2.89. The highest BCUT2D eigenvalue weighted by molar-refractivity contribution is 7.98. The molecule has 3 N–H and O–H groups in total. The zero-order valence-electron chi connectivity index (χ0n) is 11.7.